The number of rotatable bonds is 5. The Labute approximate surface area is 169 Å². The van der Waals surface area contributed by atoms with Crippen LogP contribution in [0.15, 0.2) is 36.4 Å². The second-order valence-corrected chi connectivity index (χ2v) is 7.34. The molecular weight excluding hydrogens is 380 g/mol. The molecule has 148 valence electrons. The summed E-state index contributed by atoms with van der Waals surface area (Å²) in [5.74, 6) is 2.04. The van der Waals surface area contributed by atoms with Gasteiger partial charge in [-0.05, 0) is 43.2 Å². The maximum atomic E-state index is 13.4. The number of amides is 1. The Morgan fingerprint density at radius 1 is 1.00 bits per heavy atom. The molecule has 28 heavy (non-hydrogen) atoms. The van der Waals surface area contributed by atoms with E-state index in [4.69, 9.17) is 25.8 Å². The maximum absolute atomic E-state index is 13.4. The maximum Gasteiger partial charge on any atom is 0.246 e. The van der Waals surface area contributed by atoms with E-state index in [1.54, 1.807) is 44.4 Å². The molecule has 2 aromatic carbocycles. The second-order valence-electron chi connectivity index (χ2n) is 6.90. The predicted octanol–water partition coefficient (Wildman–Crippen LogP) is 3.88. The van der Waals surface area contributed by atoms with Crippen molar-refractivity contribution in [3.8, 4) is 17.2 Å². The van der Waals surface area contributed by atoms with Gasteiger partial charge in [0.25, 0.3) is 0 Å². The summed E-state index contributed by atoms with van der Waals surface area (Å²) in [5.41, 5.74) is 1.57. The molecule has 0 N–H and O–H groups in total. The number of methoxy groups -OCH3 is 3. The summed E-state index contributed by atoms with van der Waals surface area (Å²) in [7, 11) is 4.84. The van der Waals surface area contributed by atoms with Crippen molar-refractivity contribution in [3.63, 3.8) is 0 Å². The van der Waals surface area contributed by atoms with E-state index in [0.717, 1.165) is 24.9 Å². The lowest BCUT2D eigenvalue weighted by molar-refractivity contribution is -0.119. The van der Waals surface area contributed by atoms with Crippen molar-refractivity contribution >= 4 is 23.2 Å². The smallest absolute Gasteiger partial charge is 0.246 e. The molecule has 0 aliphatic carbocycles. The first kappa shape index (κ1) is 18.9. The summed E-state index contributed by atoms with van der Waals surface area (Å²) in [6, 6.07) is 10.9. The van der Waals surface area contributed by atoms with Crippen LogP contribution < -0.4 is 19.1 Å². The van der Waals surface area contributed by atoms with Gasteiger partial charge >= 0.3 is 0 Å². The van der Waals surface area contributed by atoms with Crippen LogP contribution in [0.1, 0.15) is 24.6 Å². The minimum absolute atomic E-state index is 0.0564. The summed E-state index contributed by atoms with van der Waals surface area (Å²) >= 11 is 6.26. The van der Waals surface area contributed by atoms with Crippen LogP contribution in [0, 0.1) is 0 Å². The zero-order valence-corrected chi connectivity index (χ0v) is 16.9. The van der Waals surface area contributed by atoms with E-state index in [-0.39, 0.29) is 18.1 Å². The fourth-order valence-corrected chi connectivity index (χ4v) is 4.39. The van der Waals surface area contributed by atoms with Crippen LogP contribution in [-0.2, 0) is 4.79 Å². The van der Waals surface area contributed by atoms with Gasteiger partial charge in [0, 0.05) is 23.2 Å². The van der Waals surface area contributed by atoms with Crippen molar-refractivity contribution in [1.29, 1.82) is 0 Å². The van der Waals surface area contributed by atoms with Crippen LogP contribution in [0.2, 0.25) is 5.02 Å². The molecule has 2 atom stereocenters. The van der Waals surface area contributed by atoms with Gasteiger partial charge in [-0.1, -0.05) is 11.6 Å². The van der Waals surface area contributed by atoms with E-state index < -0.39 is 0 Å². The highest BCUT2D eigenvalue weighted by Crippen LogP contribution is 2.48. The summed E-state index contributed by atoms with van der Waals surface area (Å²) < 4.78 is 16.5. The van der Waals surface area contributed by atoms with Crippen molar-refractivity contribution in [2.24, 2.45) is 0 Å². The SMILES string of the molecule is COc1ccc(C2N(c3cc(Cl)ccc3OC)C(=O)C3CCCN32)c(OC)c1. The van der Waals surface area contributed by atoms with Gasteiger partial charge in [0.05, 0.1) is 33.1 Å². The normalized spacial score (nSPS) is 21.7. The van der Waals surface area contributed by atoms with Crippen molar-refractivity contribution in [2.45, 2.75) is 25.0 Å². The van der Waals surface area contributed by atoms with Crippen LogP contribution in [0.25, 0.3) is 0 Å². The van der Waals surface area contributed by atoms with Gasteiger partial charge in [0.1, 0.15) is 23.4 Å². The molecule has 2 unspecified atom stereocenters. The van der Waals surface area contributed by atoms with Gasteiger partial charge in [0.15, 0.2) is 0 Å². The van der Waals surface area contributed by atoms with Crippen molar-refractivity contribution < 1.29 is 19.0 Å². The quantitative estimate of drug-likeness (QED) is 0.759. The molecule has 0 bridgehead atoms. The number of benzene rings is 2. The number of ether oxygens (including phenoxy) is 3. The van der Waals surface area contributed by atoms with Crippen LogP contribution in [0.5, 0.6) is 17.2 Å². The molecule has 2 saturated heterocycles. The average molecular weight is 403 g/mol. The summed E-state index contributed by atoms with van der Waals surface area (Å²) in [4.78, 5) is 17.4. The summed E-state index contributed by atoms with van der Waals surface area (Å²) in [5, 5.41) is 0.552. The van der Waals surface area contributed by atoms with Gasteiger partial charge in [-0.25, -0.2) is 0 Å². The minimum atomic E-state index is -0.298. The lowest BCUT2D eigenvalue weighted by Crippen LogP contribution is -2.33. The molecule has 0 radical (unpaired) electrons. The average Bonchev–Trinajstić information content (AvgIpc) is 3.29. The molecule has 2 aliphatic heterocycles. The third kappa shape index (κ3) is 2.97. The molecule has 7 heteroatoms. The number of carbonyl (C=O) groups is 1. The van der Waals surface area contributed by atoms with Gasteiger partial charge in [0.2, 0.25) is 5.91 Å². The van der Waals surface area contributed by atoms with Crippen molar-refractivity contribution in [2.75, 3.05) is 32.8 Å². The highest BCUT2D eigenvalue weighted by Gasteiger charge is 2.50. The molecule has 2 aliphatic rings. The molecular formula is C21H23ClN2O4. The van der Waals surface area contributed by atoms with E-state index in [2.05, 4.69) is 4.90 Å². The lowest BCUT2D eigenvalue weighted by atomic mass is 10.1. The zero-order valence-electron chi connectivity index (χ0n) is 16.1. The fourth-order valence-electron chi connectivity index (χ4n) is 4.23. The number of halogens is 1. The van der Waals surface area contributed by atoms with Gasteiger partial charge in [-0.3, -0.25) is 14.6 Å². The highest BCUT2D eigenvalue weighted by atomic mass is 35.5. The summed E-state index contributed by atoms with van der Waals surface area (Å²) in [6.07, 6.45) is 1.53. The van der Waals surface area contributed by atoms with Gasteiger partial charge < -0.3 is 14.2 Å². The number of hydrogen-bond acceptors (Lipinski definition) is 5. The Kier molecular flexibility index (Phi) is 5.08. The molecule has 2 aromatic rings. The van der Waals surface area contributed by atoms with E-state index in [1.807, 2.05) is 18.2 Å². The fraction of sp³-hybridized carbons (Fsp3) is 0.381. The first-order valence-corrected chi connectivity index (χ1v) is 9.61. The van der Waals surface area contributed by atoms with E-state index in [1.165, 1.54) is 0 Å². The first-order valence-electron chi connectivity index (χ1n) is 9.23. The Balaban J connectivity index is 1.88. The lowest BCUT2D eigenvalue weighted by Gasteiger charge is -2.31. The van der Waals surface area contributed by atoms with Crippen LogP contribution in [-0.4, -0.2) is 44.7 Å². The zero-order chi connectivity index (χ0) is 19.8. The Bertz CT molecular complexity index is 904. The Morgan fingerprint density at radius 2 is 1.79 bits per heavy atom. The Hall–Kier alpha value is -2.44. The molecule has 4 rings (SSSR count). The molecule has 0 spiro atoms. The minimum Gasteiger partial charge on any atom is -0.497 e. The monoisotopic (exact) mass is 402 g/mol. The van der Waals surface area contributed by atoms with E-state index >= 15 is 0 Å². The van der Waals surface area contributed by atoms with Crippen molar-refractivity contribution in [3.05, 3.63) is 47.0 Å². The highest BCUT2D eigenvalue weighted by molar-refractivity contribution is 6.31. The Morgan fingerprint density at radius 3 is 2.50 bits per heavy atom. The number of nitrogens with zero attached hydrogens (tertiary/aromatic N) is 2. The molecule has 0 aromatic heterocycles. The van der Waals surface area contributed by atoms with Gasteiger partial charge in [-0.2, -0.15) is 0 Å². The van der Waals surface area contributed by atoms with Crippen LogP contribution in [0.3, 0.4) is 0 Å². The third-order valence-electron chi connectivity index (χ3n) is 5.49. The van der Waals surface area contributed by atoms with E-state index in [9.17, 15) is 4.79 Å². The standard InChI is InChI=1S/C21H23ClN2O4/c1-26-14-7-8-15(19(12-14)28-3)20-23-10-4-5-16(23)21(25)24(20)17-11-13(22)6-9-18(17)27-2/h6-9,11-12,16,20H,4-5,10H2,1-3H3. The topological polar surface area (TPSA) is 51.2 Å². The summed E-state index contributed by atoms with van der Waals surface area (Å²) in [6.45, 7) is 0.843. The second kappa shape index (κ2) is 7.53. The largest absolute Gasteiger partial charge is 0.497 e. The van der Waals surface area contributed by atoms with E-state index in [0.29, 0.717) is 28.0 Å². The number of fused-ring (bicyclic) bond motifs is 1. The van der Waals surface area contributed by atoms with Crippen LogP contribution in [0.4, 0.5) is 5.69 Å². The molecule has 2 fully saturated rings. The third-order valence-corrected chi connectivity index (χ3v) is 5.73. The van der Waals surface area contributed by atoms with Crippen LogP contribution >= 0.6 is 11.6 Å². The molecule has 2 heterocycles. The first-order chi connectivity index (χ1) is 13.6. The predicted molar refractivity (Wildman–Crippen MR) is 108 cm³/mol. The van der Waals surface area contributed by atoms with Gasteiger partial charge in [-0.15, -0.1) is 0 Å². The molecule has 1 amide bonds. The molecule has 0 saturated carbocycles. The number of hydrogen-bond donors (Lipinski definition) is 0. The molecule has 6 nitrogen and oxygen atoms in total. The number of anilines is 1. The number of carbonyl (C=O) groups excluding carboxylic acids is 1. The van der Waals surface area contributed by atoms with Crippen molar-refractivity contribution in [1.82, 2.24) is 4.90 Å².